The zero-order valence-electron chi connectivity index (χ0n) is 21.4. The second kappa shape index (κ2) is 11.2. The Balaban J connectivity index is 1.64. The molecule has 3 fully saturated rings. The molecule has 0 saturated carbocycles. The van der Waals surface area contributed by atoms with Gasteiger partial charge < -0.3 is 19.6 Å². The minimum absolute atomic E-state index is 0.0512. The van der Waals surface area contributed by atoms with E-state index >= 15 is 0 Å². The van der Waals surface area contributed by atoms with Crippen molar-refractivity contribution in [2.24, 2.45) is 11.8 Å². The van der Waals surface area contributed by atoms with Crippen LogP contribution in [0.3, 0.4) is 0 Å². The van der Waals surface area contributed by atoms with Gasteiger partial charge >= 0.3 is 5.97 Å². The number of likely N-dealkylation sites (tertiary alicyclic amines) is 1. The van der Waals surface area contributed by atoms with E-state index in [0.29, 0.717) is 29.1 Å². The molecule has 3 heterocycles. The quantitative estimate of drug-likeness (QED) is 0.338. The van der Waals surface area contributed by atoms with Crippen LogP contribution in [0.15, 0.2) is 79.9 Å². The topological polar surface area (TPSA) is 87.1 Å². The number of halogens is 1. The van der Waals surface area contributed by atoms with Gasteiger partial charge in [-0.2, -0.15) is 0 Å². The molecule has 0 aliphatic carbocycles. The Labute approximate surface area is 237 Å². The molecule has 2 aromatic carbocycles. The van der Waals surface area contributed by atoms with Crippen molar-refractivity contribution in [3.8, 4) is 0 Å². The SMILES string of the molecule is C=CCOC(=O)[C@@H]1[C@H]2C(=O)N([C@H](CO)c3ccccc3)C(C(=O)N(CC=C)c3ccccc3Cl)C23CC[C@H]1S3. The van der Waals surface area contributed by atoms with Crippen molar-refractivity contribution < 1.29 is 24.2 Å². The number of anilines is 1. The Morgan fingerprint density at radius 1 is 1.18 bits per heavy atom. The molecule has 2 unspecified atom stereocenters. The molecule has 2 amide bonds. The molecule has 9 heteroatoms. The fourth-order valence-corrected chi connectivity index (χ4v) is 8.92. The van der Waals surface area contributed by atoms with Gasteiger partial charge in [0.2, 0.25) is 5.91 Å². The summed E-state index contributed by atoms with van der Waals surface area (Å²) in [5.74, 6) is -2.51. The lowest BCUT2D eigenvalue weighted by Crippen LogP contribution is -2.56. The van der Waals surface area contributed by atoms with E-state index in [0.717, 1.165) is 0 Å². The highest BCUT2D eigenvalue weighted by atomic mass is 35.5. The van der Waals surface area contributed by atoms with Crippen molar-refractivity contribution in [1.29, 1.82) is 0 Å². The second-order valence-electron chi connectivity index (χ2n) is 10.0. The number of carbonyl (C=O) groups excluding carboxylic acids is 3. The molecule has 0 radical (unpaired) electrons. The molecule has 6 atom stereocenters. The molecule has 5 rings (SSSR count). The van der Waals surface area contributed by atoms with E-state index in [9.17, 15) is 19.5 Å². The third-order valence-electron chi connectivity index (χ3n) is 8.00. The van der Waals surface area contributed by atoms with Crippen LogP contribution in [0.1, 0.15) is 24.4 Å². The smallest absolute Gasteiger partial charge is 0.311 e. The van der Waals surface area contributed by atoms with Gasteiger partial charge in [0.15, 0.2) is 0 Å². The molecule has 2 aromatic rings. The third kappa shape index (κ3) is 4.48. The monoisotopic (exact) mass is 566 g/mol. The number of aliphatic hydroxyl groups is 1. The number of thioether (sulfide) groups is 1. The number of benzene rings is 2. The Hall–Kier alpha value is -3.07. The molecule has 39 heavy (non-hydrogen) atoms. The summed E-state index contributed by atoms with van der Waals surface area (Å²) in [6.07, 6.45) is 4.39. The molecule has 3 aliphatic heterocycles. The van der Waals surface area contributed by atoms with Gasteiger partial charge in [0, 0.05) is 11.8 Å². The number of ether oxygens (including phenoxy) is 1. The number of esters is 1. The molecular weight excluding hydrogens is 536 g/mol. The van der Waals surface area contributed by atoms with Gasteiger partial charge in [-0.05, 0) is 30.5 Å². The first-order valence-electron chi connectivity index (χ1n) is 13.0. The summed E-state index contributed by atoms with van der Waals surface area (Å²) in [6.45, 7) is 7.31. The van der Waals surface area contributed by atoms with Crippen LogP contribution in [-0.2, 0) is 19.1 Å². The van der Waals surface area contributed by atoms with Crippen molar-refractivity contribution in [1.82, 2.24) is 4.90 Å². The fraction of sp³-hybridized carbons (Fsp3) is 0.367. The van der Waals surface area contributed by atoms with Crippen LogP contribution in [0.2, 0.25) is 5.02 Å². The molecule has 7 nitrogen and oxygen atoms in total. The summed E-state index contributed by atoms with van der Waals surface area (Å²) in [6, 6.07) is 14.5. The maximum atomic E-state index is 14.7. The zero-order chi connectivity index (χ0) is 27.7. The van der Waals surface area contributed by atoms with Crippen LogP contribution in [0.5, 0.6) is 0 Å². The highest BCUT2D eigenvalue weighted by Gasteiger charge is 2.75. The zero-order valence-corrected chi connectivity index (χ0v) is 23.0. The summed E-state index contributed by atoms with van der Waals surface area (Å²) < 4.78 is 4.59. The first-order valence-corrected chi connectivity index (χ1v) is 14.3. The van der Waals surface area contributed by atoms with E-state index in [1.54, 1.807) is 47.0 Å². The first-order chi connectivity index (χ1) is 18.9. The second-order valence-corrected chi connectivity index (χ2v) is 12.0. The van der Waals surface area contributed by atoms with Gasteiger partial charge in [-0.25, -0.2) is 0 Å². The minimum Gasteiger partial charge on any atom is -0.461 e. The van der Waals surface area contributed by atoms with E-state index < -0.39 is 34.6 Å². The van der Waals surface area contributed by atoms with Crippen LogP contribution in [0, 0.1) is 11.8 Å². The lowest BCUT2D eigenvalue weighted by Gasteiger charge is -2.39. The van der Waals surface area contributed by atoms with Crippen LogP contribution in [-0.4, -0.2) is 63.6 Å². The van der Waals surface area contributed by atoms with Crippen molar-refractivity contribution in [3.05, 3.63) is 90.5 Å². The molecule has 2 bridgehead atoms. The normalized spacial score (nSPS) is 27.6. The number of hydrogen-bond acceptors (Lipinski definition) is 6. The number of aliphatic hydroxyl groups excluding tert-OH is 1. The van der Waals surface area contributed by atoms with Crippen molar-refractivity contribution in [3.63, 3.8) is 0 Å². The lowest BCUT2D eigenvalue weighted by molar-refractivity contribution is -0.153. The maximum Gasteiger partial charge on any atom is 0.311 e. The summed E-state index contributed by atoms with van der Waals surface area (Å²) in [7, 11) is 0. The largest absolute Gasteiger partial charge is 0.461 e. The summed E-state index contributed by atoms with van der Waals surface area (Å²) >= 11 is 8.08. The first kappa shape index (κ1) is 27.5. The number of nitrogens with zero attached hydrogens (tertiary/aromatic N) is 2. The minimum atomic E-state index is -0.934. The molecule has 1 spiro atoms. The van der Waals surface area contributed by atoms with Crippen molar-refractivity contribution in [2.45, 2.75) is 34.9 Å². The number of rotatable bonds is 10. The highest BCUT2D eigenvalue weighted by Crippen LogP contribution is 2.67. The van der Waals surface area contributed by atoms with Gasteiger partial charge in [-0.15, -0.1) is 18.3 Å². The van der Waals surface area contributed by atoms with Crippen LogP contribution in [0.4, 0.5) is 5.69 Å². The van der Waals surface area contributed by atoms with E-state index in [1.807, 2.05) is 30.3 Å². The summed E-state index contributed by atoms with van der Waals surface area (Å²) in [5.41, 5.74) is 1.22. The molecule has 3 aliphatic rings. The molecule has 204 valence electrons. The Morgan fingerprint density at radius 3 is 2.56 bits per heavy atom. The molecule has 3 saturated heterocycles. The predicted octanol–water partition coefficient (Wildman–Crippen LogP) is 4.41. The van der Waals surface area contributed by atoms with Gasteiger partial charge in [-0.1, -0.05) is 72.8 Å². The standard InChI is InChI=1S/C30H31ClN2O5S/c1-3-16-32(21-13-9-8-12-20(21)31)28(36)26-30-15-14-23(39-30)24(29(37)38-17-4-2)25(30)27(35)33(26)22(18-34)19-10-6-5-7-11-19/h3-13,22-26,34H,1-2,14-18H2/t22-,23-,24+,25+,26?,30?/m1/s1. The molecular formula is C30H31ClN2O5S. The van der Waals surface area contributed by atoms with E-state index in [-0.39, 0.29) is 36.8 Å². The van der Waals surface area contributed by atoms with Crippen molar-refractivity contribution in [2.75, 3.05) is 24.7 Å². The number of carbonyl (C=O) groups is 3. The summed E-state index contributed by atoms with van der Waals surface area (Å²) in [4.78, 5) is 45.4. The highest BCUT2D eigenvalue weighted by molar-refractivity contribution is 8.02. The van der Waals surface area contributed by atoms with E-state index in [4.69, 9.17) is 16.3 Å². The Morgan fingerprint density at radius 2 is 1.90 bits per heavy atom. The van der Waals surface area contributed by atoms with Crippen LogP contribution >= 0.6 is 23.4 Å². The Bertz CT molecular complexity index is 1290. The number of fused-ring (bicyclic) bond motifs is 1. The number of para-hydroxylation sites is 1. The average molecular weight is 567 g/mol. The van der Waals surface area contributed by atoms with Crippen LogP contribution in [0.25, 0.3) is 0 Å². The van der Waals surface area contributed by atoms with Crippen LogP contribution < -0.4 is 4.90 Å². The predicted molar refractivity (Wildman–Crippen MR) is 152 cm³/mol. The summed E-state index contributed by atoms with van der Waals surface area (Å²) in [5, 5.41) is 10.9. The fourth-order valence-electron chi connectivity index (χ4n) is 6.50. The van der Waals surface area contributed by atoms with Gasteiger partial charge in [0.25, 0.3) is 5.91 Å². The van der Waals surface area contributed by atoms with Gasteiger partial charge in [-0.3, -0.25) is 14.4 Å². The number of hydrogen-bond donors (Lipinski definition) is 1. The van der Waals surface area contributed by atoms with Crippen molar-refractivity contribution >= 4 is 46.8 Å². The lowest BCUT2D eigenvalue weighted by atomic mass is 9.71. The maximum absolute atomic E-state index is 14.7. The van der Waals surface area contributed by atoms with Gasteiger partial charge in [0.1, 0.15) is 12.6 Å². The Kier molecular flexibility index (Phi) is 7.89. The third-order valence-corrected chi connectivity index (χ3v) is 10.3. The molecule has 1 N–H and O–H groups in total. The average Bonchev–Trinajstić information content (AvgIpc) is 3.59. The van der Waals surface area contributed by atoms with E-state index in [2.05, 4.69) is 13.2 Å². The van der Waals surface area contributed by atoms with E-state index in [1.165, 1.54) is 11.0 Å². The van der Waals surface area contributed by atoms with Gasteiger partial charge in [0.05, 0.1) is 39.9 Å². The number of amides is 2. The molecule has 0 aromatic heterocycles.